The Morgan fingerprint density at radius 2 is 1.96 bits per heavy atom. The van der Waals surface area contributed by atoms with Crippen LogP contribution in [0.5, 0.6) is 0 Å². The van der Waals surface area contributed by atoms with Crippen LogP contribution in [0.2, 0.25) is 0 Å². The molecule has 1 aromatic carbocycles. The number of amides is 2. The van der Waals surface area contributed by atoms with Crippen molar-refractivity contribution in [1.29, 1.82) is 0 Å². The van der Waals surface area contributed by atoms with Crippen LogP contribution in [0.4, 0.5) is 18.7 Å². The number of piperidine rings is 3. The minimum atomic E-state index is -0.709. The van der Waals surface area contributed by atoms with Crippen LogP contribution in [0.1, 0.15) is 12.8 Å². The number of aromatic nitrogens is 2. The summed E-state index contributed by atoms with van der Waals surface area (Å²) in [7, 11) is 0. The van der Waals surface area contributed by atoms with Gasteiger partial charge in [-0.05, 0) is 49.9 Å². The van der Waals surface area contributed by atoms with Crippen molar-refractivity contribution in [2.75, 3.05) is 31.5 Å². The zero-order chi connectivity index (χ0) is 18.1. The number of anilines is 1. The van der Waals surface area contributed by atoms with E-state index < -0.39 is 11.6 Å². The molecule has 1 unspecified atom stereocenters. The van der Waals surface area contributed by atoms with Gasteiger partial charge < -0.3 is 10.2 Å². The summed E-state index contributed by atoms with van der Waals surface area (Å²) in [4.78, 5) is 14.5. The number of urea groups is 1. The fraction of sp³-hybridized carbons (Fsp3) is 0.471. The van der Waals surface area contributed by atoms with Crippen LogP contribution in [0.25, 0.3) is 10.6 Å². The first kappa shape index (κ1) is 17.3. The molecule has 1 aromatic heterocycles. The Labute approximate surface area is 153 Å². The number of carbonyl (C=O) groups excluding carboxylic acids is 1. The smallest absolute Gasteiger partial charge is 0.321 e. The van der Waals surface area contributed by atoms with Crippen LogP contribution in [-0.4, -0.2) is 47.3 Å². The lowest BCUT2D eigenvalue weighted by molar-refractivity contribution is 0.0525. The molecular weight excluding hydrogens is 360 g/mol. The first-order chi connectivity index (χ1) is 12.6. The van der Waals surface area contributed by atoms with Gasteiger partial charge in [0.2, 0.25) is 5.13 Å². The summed E-state index contributed by atoms with van der Waals surface area (Å²) in [5, 5.41) is 13.3. The fourth-order valence-electron chi connectivity index (χ4n) is 3.76. The van der Waals surface area contributed by atoms with Crippen molar-refractivity contribution in [2.45, 2.75) is 12.8 Å². The highest BCUT2D eigenvalue weighted by Gasteiger charge is 2.34. The molecule has 2 amide bonds. The molecule has 5 rings (SSSR count). The first-order valence-corrected chi connectivity index (χ1v) is 9.47. The molecule has 3 aliphatic rings. The van der Waals surface area contributed by atoms with Gasteiger partial charge >= 0.3 is 6.03 Å². The molecule has 0 saturated carbocycles. The number of carbonyl (C=O) groups is 1. The van der Waals surface area contributed by atoms with Crippen LogP contribution in [0.3, 0.4) is 0 Å². The van der Waals surface area contributed by atoms with E-state index in [2.05, 4.69) is 25.7 Å². The minimum absolute atomic E-state index is 0.0910. The maximum atomic E-state index is 13.8. The molecule has 3 saturated heterocycles. The number of nitrogens with zero attached hydrogens (tertiary/aromatic N) is 3. The van der Waals surface area contributed by atoms with E-state index in [1.165, 1.54) is 18.9 Å². The third-order valence-electron chi connectivity index (χ3n) is 5.14. The zero-order valence-corrected chi connectivity index (χ0v) is 14.9. The molecule has 6 nitrogen and oxygen atoms in total. The summed E-state index contributed by atoms with van der Waals surface area (Å²) in [6.07, 6.45) is 2.39. The van der Waals surface area contributed by atoms with Gasteiger partial charge in [0.05, 0.1) is 5.56 Å². The normalized spacial score (nSPS) is 24.5. The lowest BCUT2D eigenvalue weighted by atomic mass is 9.79. The van der Waals surface area contributed by atoms with E-state index >= 15 is 0 Å². The largest absolute Gasteiger partial charge is 0.337 e. The average Bonchev–Trinajstić information content (AvgIpc) is 3.09. The Morgan fingerprint density at radius 3 is 2.62 bits per heavy atom. The highest BCUT2D eigenvalue weighted by molar-refractivity contribution is 7.18. The number of nitrogens with one attached hydrogen (secondary N) is 2. The van der Waals surface area contributed by atoms with E-state index in [1.54, 1.807) is 0 Å². The lowest BCUT2D eigenvalue weighted by Gasteiger charge is -2.44. The highest BCUT2D eigenvalue weighted by atomic mass is 32.1. The summed E-state index contributed by atoms with van der Waals surface area (Å²) in [5.74, 6) is -0.266. The van der Waals surface area contributed by atoms with Crippen LogP contribution >= 0.6 is 11.3 Å². The van der Waals surface area contributed by atoms with Gasteiger partial charge in [-0.2, -0.15) is 0 Å². The Morgan fingerprint density at radius 1 is 1.23 bits per heavy atom. The molecule has 3 aliphatic heterocycles. The van der Waals surface area contributed by atoms with Crippen LogP contribution in [0, 0.1) is 23.5 Å². The molecule has 0 aliphatic carbocycles. The zero-order valence-electron chi connectivity index (χ0n) is 14.0. The van der Waals surface area contributed by atoms with Gasteiger partial charge in [-0.25, -0.2) is 13.6 Å². The van der Waals surface area contributed by atoms with E-state index in [1.807, 2.05) is 0 Å². The van der Waals surface area contributed by atoms with Crippen molar-refractivity contribution >= 4 is 22.5 Å². The van der Waals surface area contributed by atoms with Crippen LogP contribution < -0.4 is 10.6 Å². The summed E-state index contributed by atoms with van der Waals surface area (Å²) in [5.41, 5.74) is -0.231. The number of benzene rings is 1. The van der Waals surface area contributed by atoms with E-state index in [4.69, 9.17) is 0 Å². The van der Waals surface area contributed by atoms with Crippen molar-refractivity contribution in [3.63, 3.8) is 0 Å². The fourth-order valence-corrected chi connectivity index (χ4v) is 4.55. The van der Waals surface area contributed by atoms with Gasteiger partial charge in [0.1, 0.15) is 11.6 Å². The second kappa shape index (κ2) is 7.24. The molecule has 0 spiro atoms. The standard InChI is InChI=1S/C17H19F2N5OS/c18-12-2-1-3-13(19)14(12)15-22-23-17(26-15)21-16(25)20-8-11-9-24-6-4-10(11)5-7-24/h1-3,10-11H,4-9H2,(H2,20,21,23,25). The molecule has 2 N–H and O–H groups in total. The second-order valence-corrected chi connectivity index (χ2v) is 7.72. The van der Waals surface area contributed by atoms with Gasteiger partial charge in [0, 0.05) is 13.1 Å². The first-order valence-electron chi connectivity index (χ1n) is 8.65. The summed E-state index contributed by atoms with van der Waals surface area (Å²) in [6.45, 7) is 3.96. The molecule has 3 fully saturated rings. The number of hydrogen-bond acceptors (Lipinski definition) is 5. The molecular formula is C17H19F2N5OS. The Bertz CT molecular complexity index is 786. The lowest BCUT2D eigenvalue weighted by Crippen LogP contribution is -2.51. The molecule has 2 aromatic rings. The molecule has 4 heterocycles. The molecule has 26 heavy (non-hydrogen) atoms. The Hall–Kier alpha value is -2.13. The van der Waals surface area contributed by atoms with Crippen molar-refractivity contribution < 1.29 is 13.6 Å². The summed E-state index contributed by atoms with van der Waals surface area (Å²) < 4.78 is 27.6. The predicted molar refractivity (Wildman–Crippen MR) is 94.9 cm³/mol. The maximum absolute atomic E-state index is 13.8. The maximum Gasteiger partial charge on any atom is 0.321 e. The summed E-state index contributed by atoms with van der Waals surface area (Å²) in [6, 6.07) is 3.23. The topological polar surface area (TPSA) is 70.2 Å². The van der Waals surface area contributed by atoms with Crippen LogP contribution in [-0.2, 0) is 0 Å². The monoisotopic (exact) mass is 379 g/mol. The molecule has 1 atom stereocenters. The molecule has 138 valence electrons. The van der Waals surface area contributed by atoms with E-state index in [0.29, 0.717) is 18.4 Å². The Kier molecular flexibility index (Phi) is 4.82. The van der Waals surface area contributed by atoms with Crippen molar-refractivity contribution in [3.8, 4) is 10.6 Å². The summed E-state index contributed by atoms with van der Waals surface area (Å²) >= 11 is 0.934. The second-order valence-electron chi connectivity index (χ2n) is 6.74. The van der Waals surface area contributed by atoms with E-state index in [-0.39, 0.29) is 21.7 Å². The number of hydrogen-bond donors (Lipinski definition) is 2. The molecule has 2 bridgehead atoms. The minimum Gasteiger partial charge on any atom is -0.337 e. The van der Waals surface area contributed by atoms with Crippen LogP contribution in [0.15, 0.2) is 18.2 Å². The van der Waals surface area contributed by atoms with Crippen molar-refractivity contribution in [1.82, 2.24) is 20.4 Å². The van der Waals surface area contributed by atoms with Gasteiger partial charge in [0.25, 0.3) is 0 Å². The quantitative estimate of drug-likeness (QED) is 0.857. The van der Waals surface area contributed by atoms with Crippen molar-refractivity contribution in [2.24, 2.45) is 11.8 Å². The van der Waals surface area contributed by atoms with Gasteiger partial charge in [-0.15, -0.1) is 10.2 Å². The molecule has 0 radical (unpaired) electrons. The number of fused-ring (bicyclic) bond motifs is 3. The number of rotatable bonds is 4. The number of halogens is 2. The van der Waals surface area contributed by atoms with Gasteiger partial charge in [-0.3, -0.25) is 5.32 Å². The molecule has 9 heteroatoms. The third-order valence-corrected chi connectivity index (χ3v) is 5.99. The highest BCUT2D eigenvalue weighted by Crippen LogP contribution is 2.32. The predicted octanol–water partition coefficient (Wildman–Crippen LogP) is 2.95. The SMILES string of the molecule is O=C(NCC1CN2CCC1CC2)Nc1nnc(-c2c(F)cccc2F)s1. The average molecular weight is 379 g/mol. The third kappa shape index (κ3) is 3.54. The Balaban J connectivity index is 1.35. The van der Waals surface area contributed by atoms with E-state index in [0.717, 1.165) is 43.1 Å². The van der Waals surface area contributed by atoms with Gasteiger partial charge in [-0.1, -0.05) is 17.4 Å². The van der Waals surface area contributed by atoms with Crippen molar-refractivity contribution in [3.05, 3.63) is 29.8 Å². The van der Waals surface area contributed by atoms with E-state index in [9.17, 15) is 13.6 Å². The van der Waals surface area contributed by atoms with Gasteiger partial charge in [0.15, 0.2) is 5.01 Å².